The number of hydrogen-bond donors (Lipinski definition) is 3. The third kappa shape index (κ3) is 3.35. The first-order chi connectivity index (χ1) is 9.06. The number of nitrogens with two attached hydrogens (primary N) is 1. The summed E-state index contributed by atoms with van der Waals surface area (Å²) >= 11 is 1.22. The smallest absolute Gasteiger partial charge is 0.335 e. The monoisotopic (exact) mass is 277 g/mol. The average Bonchev–Trinajstić information content (AvgIpc) is 2.35. The summed E-state index contributed by atoms with van der Waals surface area (Å²) in [7, 11) is 0. The highest BCUT2D eigenvalue weighted by atomic mass is 32.2. The Labute approximate surface area is 112 Å². The van der Waals surface area contributed by atoms with E-state index < -0.39 is 5.97 Å². The van der Waals surface area contributed by atoms with E-state index >= 15 is 0 Å². The van der Waals surface area contributed by atoms with Crippen molar-refractivity contribution in [3.8, 4) is 0 Å². The van der Waals surface area contributed by atoms with Crippen molar-refractivity contribution in [3.63, 3.8) is 0 Å². The van der Waals surface area contributed by atoms with E-state index in [9.17, 15) is 9.59 Å². The number of hydrogen-bond acceptors (Lipinski definition) is 5. The topological polar surface area (TPSA) is 109 Å². The zero-order valence-electron chi connectivity index (χ0n) is 9.79. The van der Waals surface area contributed by atoms with Crippen LogP contribution in [0, 0.1) is 0 Å². The molecule has 6 nitrogen and oxygen atoms in total. The van der Waals surface area contributed by atoms with Crippen LogP contribution in [0.25, 0.3) is 0 Å². The number of H-pyrrole nitrogens is 1. The van der Waals surface area contributed by atoms with E-state index in [4.69, 9.17) is 10.8 Å². The van der Waals surface area contributed by atoms with Crippen molar-refractivity contribution in [1.29, 1.82) is 0 Å². The zero-order valence-corrected chi connectivity index (χ0v) is 10.6. The predicted molar refractivity (Wildman–Crippen MR) is 72.2 cm³/mol. The lowest BCUT2D eigenvalue weighted by molar-refractivity contribution is 0.0696. The molecule has 0 fully saturated rings. The van der Waals surface area contributed by atoms with Gasteiger partial charge < -0.3 is 15.8 Å². The maximum Gasteiger partial charge on any atom is 0.335 e. The largest absolute Gasteiger partial charge is 0.478 e. The first kappa shape index (κ1) is 13.2. The maximum absolute atomic E-state index is 11.2. The molecule has 1 aromatic carbocycles. The molecule has 0 aliphatic carbocycles. The fourth-order valence-electron chi connectivity index (χ4n) is 1.52. The molecule has 0 amide bonds. The van der Waals surface area contributed by atoms with Gasteiger partial charge in [0.15, 0.2) is 5.16 Å². The van der Waals surface area contributed by atoms with Gasteiger partial charge in [-0.05, 0) is 11.6 Å². The number of benzene rings is 1. The minimum Gasteiger partial charge on any atom is -0.478 e. The normalized spacial score (nSPS) is 10.3. The molecule has 1 aromatic heterocycles. The highest BCUT2D eigenvalue weighted by Gasteiger charge is 2.09. The second-order valence-electron chi connectivity index (χ2n) is 3.73. The van der Waals surface area contributed by atoms with Gasteiger partial charge in [0.2, 0.25) is 0 Å². The highest BCUT2D eigenvalue weighted by molar-refractivity contribution is 7.98. The first-order valence-electron chi connectivity index (χ1n) is 5.37. The van der Waals surface area contributed by atoms with Gasteiger partial charge in [-0.15, -0.1) is 0 Å². The summed E-state index contributed by atoms with van der Waals surface area (Å²) in [5.41, 5.74) is 6.03. The van der Waals surface area contributed by atoms with Gasteiger partial charge in [0.05, 0.1) is 5.56 Å². The maximum atomic E-state index is 11.2. The quantitative estimate of drug-likeness (QED) is 0.575. The lowest BCUT2D eigenvalue weighted by Crippen LogP contribution is -2.09. The van der Waals surface area contributed by atoms with E-state index in [-0.39, 0.29) is 16.9 Å². The van der Waals surface area contributed by atoms with Crippen LogP contribution < -0.4 is 11.3 Å². The number of carbonyl (C=O) groups is 1. The van der Waals surface area contributed by atoms with Crippen molar-refractivity contribution in [2.45, 2.75) is 10.9 Å². The van der Waals surface area contributed by atoms with Gasteiger partial charge in [-0.25, -0.2) is 9.78 Å². The molecular formula is C12H11N3O3S. The first-order valence-corrected chi connectivity index (χ1v) is 6.35. The molecule has 0 aliphatic heterocycles. The Balaban J connectivity index is 2.19. The Bertz CT molecular complexity index is 669. The van der Waals surface area contributed by atoms with Crippen LogP contribution in [0.5, 0.6) is 0 Å². The molecule has 4 N–H and O–H groups in total. The molecule has 2 rings (SSSR count). The summed E-state index contributed by atoms with van der Waals surface area (Å²) in [5.74, 6) is -0.461. The Morgan fingerprint density at radius 3 is 2.84 bits per heavy atom. The predicted octanol–water partition coefficient (Wildman–Crippen LogP) is 1.34. The van der Waals surface area contributed by atoms with Crippen molar-refractivity contribution in [2.75, 3.05) is 5.73 Å². The van der Waals surface area contributed by atoms with E-state index in [1.165, 1.54) is 23.9 Å². The third-order valence-electron chi connectivity index (χ3n) is 2.35. The van der Waals surface area contributed by atoms with Crippen molar-refractivity contribution < 1.29 is 9.90 Å². The number of anilines is 1. The lowest BCUT2D eigenvalue weighted by Gasteiger charge is -2.05. The number of carboxylic acids is 1. The summed E-state index contributed by atoms with van der Waals surface area (Å²) in [4.78, 5) is 28.8. The Morgan fingerprint density at radius 2 is 2.16 bits per heavy atom. The molecular weight excluding hydrogens is 266 g/mol. The number of nitrogen functional groups attached to an aromatic ring is 1. The van der Waals surface area contributed by atoms with Gasteiger partial charge in [0, 0.05) is 11.8 Å². The van der Waals surface area contributed by atoms with E-state index in [1.54, 1.807) is 18.2 Å². The van der Waals surface area contributed by atoms with Crippen LogP contribution in [-0.4, -0.2) is 21.0 Å². The second-order valence-corrected chi connectivity index (χ2v) is 4.69. The molecule has 0 saturated heterocycles. The Hall–Kier alpha value is -2.28. The minimum atomic E-state index is -0.981. The van der Waals surface area contributed by atoms with Gasteiger partial charge in [-0.2, -0.15) is 0 Å². The van der Waals surface area contributed by atoms with E-state index in [0.29, 0.717) is 16.5 Å². The highest BCUT2D eigenvalue weighted by Crippen LogP contribution is 2.21. The molecule has 98 valence electrons. The molecule has 0 unspecified atom stereocenters. The molecule has 0 bridgehead atoms. The lowest BCUT2D eigenvalue weighted by atomic mass is 10.1. The standard InChI is InChI=1S/C12H11N3O3S/c13-9-5-10(16)15-12(14-9)19-6-7-3-1-2-4-8(7)11(17)18/h1-5H,6H2,(H,17,18)(H3,13,14,15,16). The van der Waals surface area contributed by atoms with Crippen LogP contribution in [0.15, 0.2) is 40.3 Å². The van der Waals surface area contributed by atoms with E-state index in [2.05, 4.69) is 9.97 Å². The Morgan fingerprint density at radius 1 is 1.42 bits per heavy atom. The average molecular weight is 277 g/mol. The van der Waals surface area contributed by atoms with Crippen LogP contribution in [0.1, 0.15) is 15.9 Å². The van der Waals surface area contributed by atoms with Gasteiger partial charge >= 0.3 is 5.97 Å². The SMILES string of the molecule is Nc1cc(=O)[nH]c(SCc2ccccc2C(=O)O)n1. The summed E-state index contributed by atoms with van der Waals surface area (Å²) in [5, 5.41) is 9.41. The minimum absolute atomic E-state index is 0.137. The Kier molecular flexibility index (Phi) is 3.86. The fraction of sp³-hybridized carbons (Fsp3) is 0.0833. The number of nitrogens with one attached hydrogen (secondary N) is 1. The molecule has 0 atom stereocenters. The molecule has 0 aliphatic rings. The molecule has 7 heteroatoms. The molecule has 1 heterocycles. The van der Waals surface area contributed by atoms with E-state index in [0.717, 1.165) is 0 Å². The van der Waals surface area contributed by atoms with Gasteiger partial charge in [0.25, 0.3) is 5.56 Å². The van der Waals surface area contributed by atoms with Gasteiger partial charge in [-0.1, -0.05) is 30.0 Å². The van der Waals surface area contributed by atoms with Crippen LogP contribution in [0.3, 0.4) is 0 Å². The van der Waals surface area contributed by atoms with Gasteiger partial charge in [-0.3, -0.25) is 4.79 Å². The van der Waals surface area contributed by atoms with Crippen LogP contribution in [0.4, 0.5) is 5.82 Å². The molecule has 0 radical (unpaired) electrons. The molecule has 0 spiro atoms. The number of aromatic carboxylic acids is 1. The third-order valence-corrected chi connectivity index (χ3v) is 3.27. The summed E-state index contributed by atoms with van der Waals surface area (Å²) in [6.45, 7) is 0. The number of aromatic nitrogens is 2. The summed E-state index contributed by atoms with van der Waals surface area (Å²) in [6, 6.07) is 7.87. The van der Waals surface area contributed by atoms with Crippen molar-refractivity contribution >= 4 is 23.5 Å². The number of aromatic amines is 1. The zero-order chi connectivity index (χ0) is 13.8. The number of rotatable bonds is 4. The number of thioether (sulfide) groups is 1. The van der Waals surface area contributed by atoms with Crippen LogP contribution >= 0.6 is 11.8 Å². The van der Waals surface area contributed by atoms with Crippen LogP contribution in [0.2, 0.25) is 0 Å². The fourth-order valence-corrected chi connectivity index (χ4v) is 2.41. The van der Waals surface area contributed by atoms with Crippen molar-refractivity contribution in [3.05, 3.63) is 51.8 Å². The number of nitrogens with zero attached hydrogens (tertiary/aromatic N) is 1. The van der Waals surface area contributed by atoms with Crippen molar-refractivity contribution in [1.82, 2.24) is 9.97 Å². The van der Waals surface area contributed by atoms with Gasteiger partial charge in [0.1, 0.15) is 5.82 Å². The summed E-state index contributed by atoms with van der Waals surface area (Å²) < 4.78 is 0. The van der Waals surface area contributed by atoms with E-state index in [1.807, 2.05) is 0 Å². The van der Waals surface area contributed by atoms with Crippen LogP contribution in [-0.2, 0) is 5.75 Å². The molecule has 2 aromatic rings. The van der Waals surface area contributed by atoms with Crippen molar-refractivity contribution in [2.24, 2.45) is 0 Å². The number of carboxylic acid groups (broad SMARTS) is 1. The second kappa shape index (κ2) is 5.57. The molecule has 0 saturated carbocycles. The summed E-state index contributed by atoms with van der Waals surface area (Å²) in [6.07, 6.45) is 0. The molecule has 19 heavy (non-hydrogen) atoms.